The molecule has 0 aliphatic heterocycles. The number of hydrogen-bond donors (Lipinski definition) is 2. The second-order valence-electron chi connectivity index (χ2n) is 6.58. The summed E-state index contributed by atoms with van der Waals surface area (Å²) in [6.07, 6.45) is 0. The van der Waals surface area contributed by atoms with Gasteiger partial charge in [0.15, 0.2) is 17.6 Å². The molecule has 164 valence electrons. The molecule has 2 aromatic rings. The number of rotatable bonds is 8. The predicted octanol–water partition coefficient (Wildman–Crippen LogP) is 4.06. The lowest BCUT2D eigenvalue weighted by Crippen LogP contribution is -2.40. The minimum atomic E-state index is -0.898. The van der Waals surface area contributed by atoms with Gasteiger partial charge in [0, 0.05) is 31.3 Å². The van der Waals surface area contributed by atoms with Gasteiger partial charge in [-0.2, -0.15) is 0 Å². The third kappa shape index (κ3) is 8.86. The summed E-state index contributed by atoms with van der Waals surface area (Å²) in [5.41, 5.74) is 0.580. The molecule has 1 unspecified atom stereocenters. The number of likely N-dealkylation sites (N-methyl/N-ethyl adjacent to an activating group) is 1. The lowest BCUT2D eigenvalue weighted by Gasteiger charge is -2.19. The van der Waals surface area contributed by atoms with Crippen molar-refractivity contribution in [3.63, 3.8) is 0 Å². The van der Waals surface area contributed by atoms with Crippen LogP contribution in [-0.2, 0) is 4.79 Å². The molecule has 2 N–H and O–H groups in total. The SMILES string of the molecule is CC(NC(=NCC(=O)N(C)C)NCCSc1ccccc1)c1ccc(F)c(F)c1.I. The molecule has 0 heterocycles. The van der Waals surface area contributed by atoms with Crippen molar-refractivity contribution in [1.82, 2.24) is 15.5 Å². The smallest absolute Gasteiger partial charge is 0.243 e. The summed E-state index contributed by atoms with van der Waals surface area (Å²) < 4.78 is 26.7. The number of hydrogen-bond acceptors (Lipinski definition) is 3. The molecule has 2 rings (SSSR count). The summed E-state index contributed by atoms with van der Waals surface area (Å²) in [4.78, 5) is 18.8. The van der Waals surface area contributed by atoms with Crippen molar-refractivity contribution >= 4 is 47.6 Å². The lowest BCUT2D eigenvalue weighted by atomic mass is 10.1. The minimum absolute atomic E-state index is 0. The number of halogens is 3. The van der Waals surface area contributed by atoms with Crippen LogP contribution >= 0.6 is 35.7 Å². The Balaban J connectivity index is 0.00000450. The van der Waals surface area contributed by atoms with Crippen molar-refractivity contribution in [2.45, 2.75) is 17.9 Å². The van der Waals surface area contributed by atoms with E-state index in [-0.39, 0.29) is 42.5 Å². The predicted molar refractivity (Wildman–Crippen MR) is 129 cm³/mol. The largest absolute Gasteiger partial charge is 0.356 e. The molecule has 1 amide bonds. The molecule has 0 bridgehead atoms. The van der Waals surface area contributed by atoms with Crippen LogP contribution in [0.3, 0.4) is 0 Å². The first-order chi connectivity index (χ1) is 13.9. The third-order valence-electron chi connectivity index (χ3n) is 4.07. The van der Waals surface area contributed by atoms with E-state index in [1.807, 2.05) is 37.3 Å². The molecule has 0 saturated carbocycles. The van der Waals surface area contributed by atoms with E-state index in [4.69, 9.17) is 0 Å². The second kappa shape index (κ2) is 13.4. The highest BCUT2D eigenvalue weighted by Crippen LogP contribution is 2.17. The van der Waals surface area contributed by atoms with Gasteiger partial charge in [0.1, 0.15) is 6.54 Å². The zero-order valence-corrected chi connectivity index (χ0v) is 20.3. The lowest BCUT2D eigenvalue weighted by molar-refractivity contribution is -0.127. The van der Waals surface area contributed by atoms with Gasteiger partial charge in [0.2, 0.25) is 5.91 Å². The molecule has 0 fully saturated rings. The van der Waals surface area contributed by atoms with Crippen LogP contribution in [0.25, 0.3) is 0 Å². The van der Waals surface area contributed by atoms with Crippen LogP contribution in [0.1, 0.15) is 18.5 Å². The molecule has 5 nitrogen and oxygen atoms in total. The van der Waals surface area contributed by atoms with Gasteiger partial charge in [-0.25, -0.2) is 13.8 Å². The first-order valence-electron chi connectivity index (χ1n) is 9.24. The normalized spacial score (nSPS) is 12.0. The highest BCUT2D eigenvalue weighted by Gasteiger charge is 2.12. The molecule has 30 heavy (non-hydrogen) atoms. The van der Waals surface area contributed by atoms with Gasteiger partial charge in [-0.3, -0.25) is 4.79 Å². The summed E-state index contributed by atoms with van der Waals surface area (Å²) in [5.74, 6) is -0.685. The summed E-state index contributed by atoms with van der Waals surface area (Å²) >= 11 is 1.70. The van der Waals surface area contributed by atoms with Gasteiger partial charge < -0.3 is 15.5 Å². The quantitative estimate of drug-likeness (QED) is 0.172. The van der Waals surface area contributed by atoms with Crippen molar-refractivity contribution in [1.29, 1.82) is 0 Å². The minimum Gasteiger partial charge on any atom is -0.356 e. The Hall–Kier alpha value is -1.88. The zero-order valence-electron chi connectivity index (χ0n) is 17.2. The monoisotopic (exact) mass is 548 g/mol. The molecular weight excluding hydrogens is 521 g/mol. The molecule has 2 aromatic carbocycles. The topological polar surface area (TPSA) is 56.7 Å². The fraction of sp³-hybridized carbons (Fsp3) is 0.333. The van der Waals surface area contributed by atoms with Crippen molar-refractivity contribution in [2.24, 2.45) is 4.99 Å². The standard InChI is InChI=1S/C21H26F2N4OS.HI/c1-15(16-9-10-18(22)19(23)13-16)26-21(25-14-20(28)27(2)3)24-11-12-29-17-7-5-4-6-8-17;/h4-10,13,15H,11-12,14H2,1-3H3,(H2,24,25,26);1H. The van der Waals surface area contributed by atoms with Crippen molar-refractivity contribution in [2.75, 3.05) is 32.9 Å². The van der Waals surface area contributed by atoms with E-state index in [1.54, 1.807) is 25.9 Å². The maximum Gasteiger partial charge on any atom is 0.243 e. The molecule has 1 atom stereocenters. The van der Waals surface area contributed by atoms with Crippen LogP contribution in [0.4, 0.5) is 8.78 Å². The van der Waals surface area contributed by atoms with Crippen LogP contribution < -0.4 is 10.6 Å². The number of thioether (sulfide) groups is 1. The van der Waals surface area contributed by atoms with Crippen molar-refractivity contribution in [3.8, 4) is 0 Å². The van der Waals surface area contributed by atoms with Crippen molar-refractivity contribution < 1.29 is 13.6 Å². The average molecular weight is 548 g/mol. The first kappa shape index (κ1) is 26.2. The molecule has 0 saturated heterocycles. The van der Waals surface area contributed by atoms with E-state index in [9.17, 15) is 13.6 Å². The number of benzene rings is 2. The number of carbonyl (C=O) groups is 1. The van der Waals surface area contributed by atoms with Gasteiger partial charge in [0.25, 0.3) is 0 Å². The summed E-state index contributed by atoms with van der Waals surface area (Å²) in [6, 6.07) is 13.5. The Kier molecular flexibility index (Phi) is 11.7. The molecule has 0 aliphatic carbocycles. The van der Waals surface area contributed by atoms with Gasteiger partial charge in [-0.1, -0.05) is 24.3 Å². The number of nitrogens with one attached hydrogen (secondary N) is 2. The number of guanidine groups is 1. The van der Waals surface area contributed by atoms with E-state index in [0.717, 1.165) is 17.9 Å². The van der Waals surface area contributed by atoms with E-state index < -0.39 is 11.6 Å². The number of carbonyl (C=O) groups excluding carboxylic acids is 1. The summed E-state index contributed by atoms with van der Waals surface area (Å²) in [6.45, 7) is 2.42. The Morgan fingerprint density at radius 2 is 1.83 bits per heavy atom. The maximum absolute atomic E-state index is 13.5. The zero-order chi connectivity index (χ0) is 21.2. The van der Waals surface area contributed by atoms with E-state index in [0.29, 0.717) is 18.1 Å². The van der Waals surface area contributed by atoms with E-state index in [2.05, 4.69) is 15.6 Å². The Bertz CT molecular complexity index is 837. The van der Waals surface area contributed by atoms with Crippen LogP contribution in [0.2, 0.25) is 0 Å². The molecule has 0 aromatic heterocycles. The molecule has 0 radical (unpaired) electrons. The van der Waals surface area contributed by atoms with E-state index in [1.165, 1.54) is 15.9 Å². The van der Waals surface area contributed by atoms with Crippen LogP contribution in [-0.4, -0.2) is 49.7 Å². The molecule has 0 spiro atoms. The van der Waals surface area contributed by atoms with Crippen LogP contribution in [0, 0.1) is 11.6 Å². The van der Waals surface area contributed by atoms with Gasteiger partial charge in [-0.15, -0.1) is 35.7 Å². The number of aliphatic imine (C=N–C) groups is 1. The fourth-order valence-corrected chi connectivity index (χ4v) is 3.16. The van der Waals surface area contributed by atoms with Crippen LogP contribution in [0.5, 0.6) is 0 Å². The first-order valence-corrected chi connectivity index (χ1v) is 10.2. The fourth-order valence-electron chi connectivity index (χ4n) is 2.37. The molecule has 9 heteroatoms. The highest BCUT2D eigenvalue weighted by atomic mass is 127. The van der Waals surface area contributed by atoms with Gasteiger partial charge >= 0.3 is 0 Å². The van der Waals surface area contributed by atoms with Crippen molar-refractivity contribution in [3.05, 3.63) is 65.7 Å². The van der Waals surface area contributed by atoms with Crippen LogP contribution in [0.15, 0.2) is 58.4 Å². The average Bonchev–Trinajstić information content (AvgIpc) is 2.71. The Morgan fingerprint density at radius 3 is 2.47 bits per heavy atom. The molecular formula is C21H27F2IN4OS. The maximum atomic E-state index is 13.5. The summed E-state index contributed by atoms with van der Waals surface area (Å²) in [7, 11) is 3.33. The highest BCUT2D eigenvalue weighted by molar-refractivity contribution is 14.0. The van der Waals surface area contributed by atoms with Gasteiger partial charge in [0.05, 0.1) is 6.04 Å². The van der Waals surface area contributed by atoms with Gasteiger partial charge in [-0.05, 0) is 36.8 Å². The Morgan fingerprint density at radius 1 is 1.13 bits per heavy atom. The summed E-state index contributed by atoms with van der Waals surface area (Å²) in [5, 5.41) is 6.33. The number of amides is 1. The molecule has 0 aliphatic rings. The number of nitrogens with zero attached hydrogens (tertiary/aromatic N) is 2. The third-order valence-corrected chi connectivity index (χ3v) is 5.09. The second-order valence-corrected chi connectivity index (χ2v) is 7.75. The Labute approximate surface area is 197 Å². The van der Waals surface area contributed by atoms with E-state index >= 15 is 0 Å².